The van der Waals surface area contributed by atoms with Gasteiger partial charge in [0.1, 0.15) is 23.9 Å². The van der Waals surface area contributed by atoms with E-state index in [1.165, 1.54) is 13.4 Å². The second-order valence-corrected chi connectivity index (χ2v) is 7.62. The number of allylic oxidation sites excluding steroid dienone is 1. The van der Waals surface area contributed by atoms with Crippen LogP contribution in [-0.2, 0) is 4.79 Å². The Bertz CT molecular complexity index is 1190. The van der Waals surface area contributed by atoms with Crippen molar-refractivity contribution in [2.75, 3.05) is 24.9 Å². The van der Waals surface area contributed by atoms with Crippen molar-refractivity contribution < 1.29 is 14.3 Å². The highest BCUT2D eigenvalue weighted by Crippen LogP contribution is 2.39. The van der Waals surface area contributed by atoms with Gasteiger partial charge in [-0.15, -0.1) is 0 Å². The molecule has 2 N–H and O–H groups in total. The summed E-state index contributed by atoms with van der Waals surface area (Å²) in [6.07, 6.45) is 1.42. The maximum atomic E-state index is 13.5. The first-order chi connectivity index (χ1) is 14.9. The number of ether oxygens (including phenoxy) is 2. The van der Waals surface area contributed by atoms with Crippen molar-refractivity contribution in [1.29, 1.82) is 0 Å². The Morgan fingerprint density at radius 1 is 1.16 bits per heavy atom. The molecule has 4 rings (SSSR count). The van der Waals surface area contributed by atoms with E-state index in [0.29, 0.717) is 50.0 Å². The van der Waals surface area contributed by atoms with Crippen LogP contribution in [0.4, 0.5) is 11.6 Å². The molecule has 10 heteroatoms. The quantitative estimate of drug-likeness (QED) is 0.582. The predicted molar refractivity (Wildman–Crippen MR) is 119 cm³/mol. The lowest BCUT2D eigenvalue weighted by Gasteiger charge is -2.29. The molecule has 0 saturated carbocycles. The predicted octanol–water partition coefficient (Wildman–Crippen LogP) is 4.53. The molecule has 3 aromatic rings. The first-order valence-corrected chi connectivity index (χ1v) is 10.0. The van der Waals surface area contributed by atoms with Gasteiger partial charge in [0.15, 0.2) is 0 Å². The summed E-state index contributed by atoms with van der Waals surface area (Å²) < 4.78 is 12.3. The Balaban J connectivity index is 1.79. The fourth-order valence-corrected chi connectivity index (χ4v) is 4.01. The van der Waals surface area contributed by atoms with Gasteiger partial charge >= 0.3 is 0 Å². The van der Waals surface area contributed by atoms with Crippen molar-refractivity contribution >= 4 is 40.7 Å². The molecule has 1 unspecified atom stereocenters. The van der Waals surface area contributed by atoms with Crippen molar-refractivity contribution in [3.63, 3.8) is 0 Å². The Labute approximate surface area is 188 Å². The molecule has 1 aliphatic heterocycles. The number of aromatic nitrogens is 3. The lowest BCUT2D eigenvalue weighted by molar-refractivity contribution is -0.113. The molecule has 2 heterocycles. The summed E-state index contributed by atoms with van der Waals surface area (Å²) >= 11 is 12.6. The van der Waals surface area contributed by atoms with Crippen molar-refractivity contribution in [1.82, 2.24) is 14.8 Å². The number of anilines is 2. The van der Waals surface area contributed by atoms with E-state index in [2.05, 4.69) is 20.7 Å². The lowest BCUT2D eigenvalue weighted by atomic mass is 9.95. The number of carbonyl (C=O) groups is 1. The molecule has 1 aromatic heterocycles. The number of carbonyl (C=O) groups excluding carboxylic acids is 1. The van der Waals surface area contributed by atoms with Gasteiger partial charge in [-0.3, -0.25) is 4.79 Å². The van der Waals surface area contributed by atoms with Crippen LogP contribution in [0.5, 0.6) is 11.5 Å². The van der Waals surface area contributed by atoms with Crippen molar-refractivity contribution in [2.24, 2.45) is 0 Å². The van der Waals surface area contributed by atoms with Gasteiger partial charge in [-0.25, -0.2) is 4.68 Å². The summed E-state index contributed by atoms with van der Waals surface area (Å²) in [5.74, 6) is 1.23. The van der Waals surface area contributed by atoms with Crippen LogP contribution >= 0.6 is 23.2 Å². The van der Waals surface area contributed by atoms with Crippen LogP contribution < -0.4 is 20.1 Å². The Morgan fingerprint density at radius 2 is 1.97 bits per heavy atom. The first kappa shape index (κ1) is 21.0. The summed E-state index contributed by atoms with van der Waals surface area (Å²) in [6, 6.07) is 9.67. The molecule has 0 saturated heterocycles. The largest absolute Gasteiger partial charge is 0.497 e. The molecule has 160 valence electrons. The first-order valence-electron chi connectivity index (χ1n) is 9.28. The third-order valence-electron chi connectivity index (χ3n) is 4.95. The van der Waals surface area contributed by atoms with Crippen LogP contribution in [0.3, 0.4) is 0 Å². The normalized spacial score (nSPS) is 15.2. The van der Waals surface area contributed by atoms with Crippen LogP contribution in [-0.4, -0.2) is 34.9 Å². The number of amides is 1. The minimum atomic E-state index is -0.611. The molecule has 0 fully saturated rings. The molecule has 0 radical (unpaired) electrons. The summed E-state index contributed by atoms with van der Waals surface area (Å²) in [7, 11) is 3.08. The van der Waals surface area contributed by atoms with Gasteiger partial charge in [-0.1, -0.05) is 29.3 Å². The Hall–Kier alpha value is -3.23. The zero-order valence-electron chi connectivity index (χ0n) is 16.9. The average Bonchev–Trinajstić information content (AvgIpc) is 3.21. The van der Waals surface area contributed by atoms with Gasteiger partial charge < -0.3 is 20.1 Å². The highest BCUT2D eigenvalue weighted by Gasteiger charge is 2.35. The molecular formula is C21H19Cl2N5O3. The van der Waals surface area contributed by atoms with E-state index >= 15 is 0 Å². The molecule has 0 spiro atoms. The molecular weight excluding hydrogens is 441 g/mol. The van der Waals surface area contributed by atoms with Crippen LogP contribution in [0.1, 0.15) is 18.5 Å². The van der Waals surface area contributed by atoms with Gasteiger partial charge in [0.2, 0.25) is 5.95 Å². The number of halogens is 2. The molecule has 8 nitrogen and oxygen atoms in total. The average molecular weight is 460 g/mol. The second kappa shape index (κ2) is 8.49. The van der Waals surface area contributed by atoms with E-state index in [1.54, 1.807) is 55.1 Å². The SMILES string of the molecule is COc1ccc(OC)c(NC(=O)C2=C(C)Nc3ncnn3C2c2ccc(Cl)cc2Cl)c1. The Morgan fingerprint density at radius 3 is 2.68 bits per heavy atom. The number of fused-ring (bicyclic) bond motifs is 1. The van der Waals surface area contributed by atoms with Crippen molar-refractivity contribution in [3.8, 4) is 11.5 Å². The summed E-state index contributed by atoms with van der Waals surface area (Å²) in [6.45, 7) is 1.80. The molecule has 31 heavy (non-hydrogen) atoms. The van der Waals surface area contributed by atoms with Crippen LogP contribution in [0.25, 0.3) is 0 Å². The van der Waals surface area contributed by atoms with E-state index in [4.69, 9.17) is 32.7 Å². The topological polar surface area (TPSA) is 90.3 Å². The zero-order chi connectivity index (χ0) is 22.1. The van der Waals surface area contributed by atoms with Crippen molar-refractivity contribution in [3.05, 3.63) is 69.6 Å². The standard InChI is InChI=1S/C21H19Cl2N5O3/c1-11-18(20(29)27-16-9-13(30-2)5-7-17(16)31-3)19(28-21(26-11)24-10-25-28)14-6-4-12(22)8-15(14)23/h4-10,19H,1-3H3,(H,27,29)(H,24,25,26). The maximum absolute atomic E-state index is 13.5. The molecule has 0 aliphatic carbocycles. The van der Waals surface area contributed by atoms with Crippen LogP contribution in [0, 0.1) is 0 Å². The molecule has 1 atom stereocenters. The number of rotatable bonds is 5. The molecule has 1 aliphatic rings. The Kier molecular flexibility index (Phi) is 5.75. The number of nitrogens with zero attached hydrogens (tertiary/aromatic N) is 3. The highest BCUT2D eigenvalue weighted by molar-refractivity contribution is 6.35. The summed E-state index contributed by atoms with van der Waals surface area (Å²) in [4.78, 5) is 17.7. The number of benzene rings is 2. The fourth-order valence-electron chi connectivity index (χ4n) is 3.50. The minimum absolute atomic E-state index is 0.353. The second-order valence-electron chi connectivity index (χ2n) is 6.78. The van der Waals surface area contributed by atoms with E-state index in [1.807, 2.05) is 0 Å². The highest BCUT2D eigenvalue weighted by atomic mass is 35.5. The van der Waals surface area contributed by atoms with Gasteiger partial charge in [0, 0.05) is 27.4 Å². The smallest absolute Gasteiger partial charge is 0.255 e. The minimum Gasteiger partial charge on any atom is -0.497 e. The van der Waals surface area contributed by atoms with E-state index in [9.17, 15) is 4.79 Å². The number of nitrogens with one attached hydrogen (secondary N) is 2. The van der Waals surface area contributed by atoms with Gasteiger partial charge in [-0.2, -0.15) is 10.1 Å². The van der Waals surface area contributed by atoms with E-state index in [0.717, 1.165) is 0 Å². The van der Waals surface area contributed by atoms with E-state index < -0.39 is 6.04 Å². The third-order valence-corrected chi connectivity index (χ3v) is 5.51. The van der Waals surface area contributed by atoms with Gasteiger partial charge in [-0.05, 0) is 31.2 Å². The van der Waals surface area contributed by atoms with Gasteiger partial charge in [0.25, 0.3) is 5.91 Å². The lowest BCUT2D eigenvalue weighted by Crippen LogP contribution is -2.31. The monoisotopic (exact) mass is 459 g/mol. The summed E-state index contributed by atoms with van der Waals surface area (Å²) in [5, 5.41) is 11.3. The van der Waals surface area contributed by atoms with Crippen LogP contribution in [0.15, 0.2) is 54.0 Å². The molecule has 0 bridgehead atoms. The third kappa shape index (κ3) is 3.92. The van der Waals surface area contributed by atoms with Crippen molar-refractivity contribution in [2.45, 2.75) is 13.0 Å². The number of hydrogen-bond donors (Lipinski definition) is 2. The van der Waals surface area contributed by atoms with Gasteiger partial charge in [0.05, 0.1) is 25.5 Å². The number of methoxy groups -OCH3 is 2. The zero-order valence-corrected chi connectivity index (χ0v) is 18.5. The molecule has 2 aromatic carbocycles. The fraction of sp³-hybridized carbons (Fsp3) is 0.190. The van der Waals surface area contributed by atoms with E-state index in [-0.39, 0.29) is 5.91 Å². The molecule has 1 amide bonds. The number of hydrogen-bond acceptors (Lipinski definition) is 6. The summed E-state index contributed by atoms with van der Waals surface area (Å²) in [5.41, 5.74) is 2.18. The maximum Gasteiger partial charge on any atom is 0.255 e. The van der Waals surface area contributed by atoms with Crippen LogP contribution in [0.2, 0.25) is 10.0 Å².